The molecule has 1 heterocycles. The first kappa shape index (κ1) is 26.2. The van der Waals surface area contributed by atoms with Crippen molar-refractivity contribution in [1.82, 2.24) is 0 Å². The molecule has 0 aromatic heterocycles. The molecule has 7 heteroatoms. The van der Waals surface area contributed by atoms with E-state index in [0.29, 0.717) is 42.2 Å². The predicted molar refractivity (Wildman–Crippen MR) is 154 cm³/mol. The van der Waals surface area contributed by atoms with E-state index in [2.05, 4.69) is 52.5 Å². The quantitative estimate of drug-likeness (QED) is 0.269. The molecule has 38 heavy (non-hydrogen) atoms. The van der Waals surface area contributed by atoms with Gasteiger partial charge in [-0.3, -0.25) is 4.79 Å². The van der Waals surface area contributed by atoms with Crippen molar-refractivity contribution in [3.8, 4) is 17.2 Å². The number of carbonyl (C=O) groups excluding carboxylic acids is 1. The van der Waals surface area contributed by atoms with Crippen LogP contribution < -0.4 is 20.1 Å². The number of hydrogen-bond donors (Lipinski definition) is 3. The van der Waals surface area contributed by atoms with E-state index < -0.39 is 6.04 Å². The van der Waals surface area contributed by atoms with Gasteiger partial charge in [-0.2, -0.15) is 0 Å². The van der Waals surface area contributed by atoms with Gasteiger partial charge >= 0.3 is 0 Å². The Balaban J connectivity index is 1.52. The van der Waals surface area contributed by atoms with E-state index in [9.17, 15) is 9.90 Å². The highest BCUT2D eigenvalue weighted by molar-refractivity contribution is 9.10. The number of phenols is 1. The largest absolute Gasteiger partial charge is 0.503 e. The Kier molecular flexibility index (Phi) is 7.65. The van der Waals surface area contributed by atoms with Gasteiger partial charge in [0.15, 0.2) is 17.3 Å². The molecule has 0 spiro atoms. The van der Waals surface area contributed by atoms with Crippen molar-refractivity contribution in [3.05, 3.63) is 87.5 Å². The molecule has 3 aromatic rings. The highest BCUT2D eigenvalue weighted by Crippen LogP contribution is 2.46. The van der Waals surface area contributed by atoms with Crippen molar-refractivity contribution in [1.29, 1.82) is 0 Å². The number of ketones is 1. The Morgan fingerprint density at radius 1 is 1.00 bits per heavy atom. The second-order valence-electron chi connectivity index (χ2n) is 10.2. The fourth-order valence-corrected chi connectivity index (χ4v) is 5.56. The van der Waals surface area contributed by atoms with Gasteiger partial charge in [-0.25, -0.2) is 0 Å². The van der Waals surface area contributed by atoms with Gasteiger partial charge in [-0.05, 0) is 88.6 Å². The van der Waals surface area contributed by atoms with E-state index in [0.717, 1.165) is 39.5 Å². The first-order valence-electron chi connectivity index (χ1n) is 13.1. The molecule has 2 atom stereocenters. The summed E-state index contributed by atoms with van der Waals surface area (Å²) >= 11 is 3.47. The summed E-state index contributed by atoms with van der Waals surface area (Å²) in [6.45, 7) is 7.22. The van der Waals surface area contributed by atoms with Crippen LogP contribution in [0.4, 0.5) is 11.4 Å². The number of ether oxygens (including phenoxy) is 2. The monoisotopic (exact) mass is 576 g/mol. The number of anilines is 2. The summed E-state index contributed by atoms with van der Waals surface area (Å²) in [7, 11) is 0. The predicted octanol–water partition coefficient (Wildman–Crippen LogP) is 7.57. The summed E-state index contributed by atoms with van der Waals surface area (Å²) in [5, 5.41) is 17.7. The van der Waals surface area contributed by atoms with Crippen molar-refractivity contribution >= 4 is 33.1 Å². The number of phenolic OH excluding ortho intramolecular Hbond substituents is 1. The number of benzene rings is 3. The first-order valence-corrected chi connectivity index (χ1v) is 13.9. The molecular weight excluding hydrogens is 544 g/mol. The normalized spacial score (nSPS) is 18.7. The number of nitrogens with one attached hydrogen (secondary N) is 2. The number of rotatable bonds is 7. The van der Waals surface area contributed by atoms with Crippen LogP contribution in [0.5, 0.6) is 17.2 Å². The summed E-state index contributed by atoms with van der Waals surface area (Å²) in [6, 6.07) is 19.4. The van der Waals surface area contributed by atoms with E-state index in [-0.39, 0.29) is 17.5 Å². The fraction of sp³-hybridized carbons (Fsp3) is 0.323. The fourth-order valence-electron chi connectivity index (χ4n) is 5.10. The third-order valence-corrected chi connectivity index (χ3v) is 7.53. The molecule has 0 saturated heterocycles. The van der Waals surface area contributed by atoms with Gasteiger partial charge < -0.3 is 25.2 Å². The molecule has 0 saturated carbocycles. The summed E-state index contributed by atoms with van der Waals surface area (Å²) in [5.41, 5.74) is 5.42. The molecule has 198 valence electrons. The molecule has 5 rings (SSSR count). The number of hydrogen-bond acceptors (Lipinski definition) is 6. The molecule has 0 fully saturated rings. The van der Waals surface area contributed by atoms with Gasteiger partial charge in [-0.15, -0.1) is 0 Å². The summed E-state index contributed by atoms with van der Waals surface area (Å²) in [4.78, 5) is 13.9. The molecular formula is C31H33BrN2O4. The molecule has 0 bridgehead atoms. The minimum Gasteiger partial charge on any atom is -0.503 e. The van der Waals surface area contributed by atoms with Crippen LogP contribution in [0.3, 0.4) is 0 Å². The second kappa shape index (κ2) is 11.1. The van der Waals surface area contributed by atoms with E-state index in [1.807, 2.05) is 55.5 Å². The molecule has 0 amide bonds. The minimum absolute atomic E-state index is 0.0489. The topological polar surface area (TPSA) is 79.8 Å². The lowest BCUT2D eigenvalue weighted by atomic mass is 9.78. The van der Waals surface area contributed by atoms with E-state index >= 15 is 0 Å². The maximum atomic E-state index is 13.9. The molecule has 6 nitrogen and oxygen atoms in total. The number of allylic oxidation sites excluding steroid dienone is 1. The lowest BCUT2D eigenvalue weighted by Gasteiger charge is -2.30. The molecule has 3 N–H and O–H groups in total. The van der Waals surface area contributed by atoms with Crippen LogP contribution in [-0.2, 0) is 4.79 Å². The number of halogens is 1. The maximum Gasteiger partial charge on any atom is 0.172 e. The van der Waals surface area contributed by atoms with Crippen LogP contribution in [-0.4, -0.2) is 24.1 Å². The lowest BCUT2D eigenvalue weighted by Crippen LogP contribution is -2.27. The second-order valence-corrected chi connectivity index (χ2v) is 11.1. The average Bonchev–Trinajstić information content (AvgIpc) is 3.07. The highest BCUT2D eigenvalue weighted by Gasteiger charge is 2.36. The van der Waals surface area contributed by atoms with Gasteiger partial charge in [-0.1, -0.05) is 38.1 Å². The molecule has 3 aromatic carbocycles. The summed E-state index contributed by atoms with van der Waals surface area (Å²) < 4.78 is 12.1. The standard InChI is InChI=1S/C31H33BrN2O4/c1-4-37-28-16-21(13-23(32)31(28)36)30-29-26(33-24-7-5-6-8-25(24)34-30)14-20(15-27(29)35)19-9-11-22(12-10-19)38-17-18(2)3/h5-13,16,18,20,30,33-34,36H,4,14-15,17H2,1-3H3. The molecule has 2 unspecified atom stereocenters. The maximum absolute atomic E-state index is 13.9. The minimum atomic E-state index is -0.405. The van der Waals surface area contributed by atoms with Crippen LogP contribution in [0.2, 0.25) is 0 Å². The number of fused-ring (bicyclic) bond motifs is 1. The summed E-state index contributed by atoms with van der Waals surface area (Å²) in [6.07, 6.45) is 1.12. The van der Waals surface area contributed by atoms with Crippen LogP contribution in [0.25, 0.3) is 0 Å². The zero-order valence-electron chi connectivity index (χ0n) is 21.9. The third kappa shape index (κ3) is 5.39. The lowest BCUT2D eigenvalue weighted by molar-refractivity contribution is -0.116. The van der Waals surface area contributed by atoms with E-state index in [1.54, 1.807) is 0 Å². The Bertz CT molecular complexity index is 1370. The SMILES string of the molecule is CCOc1cc(C2Nc3ccccc3NC3=C2C(=O)CC(c2ccc(OCC(C)C)cc2)C3)cc(Br)c1O. The van der Waals surface area contributed by atoms with Crippen LogP contribution in [0.1, 0.15) is 56.7 Å². The van der Waals surface area contributed by atoms with E-state index in [4.69, 9.17) is 9.47 Å². The Morgan fingerprint density at radius 3 is 2.45 bits per heavy atom. The van der Waals surface area contributed by atoms with Gasteiger partial charge in [0.25, 0.3) is 0 Å². The zero-order chi connectivity index (χ0) is 26.8. The zero-order valence-corrected chi connectivity index (χ0v) is 23.5. The van der Waals surface area contributed by atoms with Gasteiger partial charge in [0, 0.05) is 17.7 Å². The molecule has 1 aliphatic carbocycles. The highest BCUT2D eigenvalue weighted by atomic mass is 79.9. The average molecular weight is 578 g/mol. The van der Waals surface area contributed by atoms with Gasteiger partial charge in [0.05, 0.1) is 35.1 Å². The summed E-state index contributed by atoms with van der Waals surface area (Å²) in [5.74, 6) is 1.89. The van der Waals surface area contributed by atoms with Crippen molar-refractivity contribution in [3.63, 3.8) is 0 Å². The Labute approximate surface area is 232 Å². The van der Waals surface area contributed by atoms with Crippen molar-refractivity contribution < 1.29 is 19.4 Å². The molecule has 0 radical (unpaired) electrons. The van der Waals surface area contributed by atoms with Crippen molar-refractivity contribution in [2.75, 3.05) is 23.8 Å². The third-order valence-electron chi connectivity index (χ3n) is 6.93. The van der Waals surface area contributed by atoms with Gasteiger partial charge in [0.2, 0.25) is 0 Å². The Hall–Kier alpha value is -3.45. The number of para-hydroxylation sites is 2. The number of Topliss-reactive ketones (excluding diaryl/α,β-unsaturated/α-hetero) is 1. The van der Waals surface area contributed by atoms with Crippen LogP contribution in [0, 0.1) is 5.92 Å². The van der Waals surface area contributed by atoms with Crippen molar-refractivity contribution in [2.45, 2.75) is 45.6 Å². The molecule has 1 aliphatic heterocycles. The smallest absolute Gasteiger partial charge is 0.172 e. The number of aromatic hydroxyl groups is 1. The van der Waals surface area contributed by atoms with Gasteiger partial charge in [0.1, 0.15) is 5.75 Å². The first-order chi connectivity index (χ1) is 18.3. The van der Waals surface area contributed by atoms with Crippen molar-refractivity contribution in [2.24, 2.45) is 5.92 Å². The Morgan fingerprint density at radius 2 is 1.74 bits per heavy atom. The van der Waals surface area contributed by atoms with Crippen LogP contribution in [0.15, 0.2) is 76.4 Å². The van der Waals surface area contributed by atoms with Crippen LogP contribution >= 0.6 is 15.9 Å². The molecule has 2 aliphatic rings. The number of carbonyl (C=O) groups is 1. The van der Waals surface area contributed by atoms with E-state index in [1.165, 1.54) is 0 Å².